The highest BCUT2D eigenvalue weighted by Gasteiger charge is 2.03. The Labute approximate surface area is 119 Å². The highest BCUT2D eigenvalue weighted by molar-refractivity contribution is 5.47. The van der Waals surface area contributed by atoms with Crippen LogP contribution in [-0.4, -0.2) is 5.11 Å². The maximum atomic E-state index is 9.75. The lowest BCUT2D eigenvalue weighted by Crippen LogP contribution is -2.00. The Bertz CT molecular complexity index is 616. The standard InChI is InChI=1S/C17H18N2O/c1-12-9-15(10-13(2)17(12)20)11-19-16-5-3-14(4-6-16)7-8-18/h3-6,9-10,19-20H,7,11H2,1-2H3. The molecule has 2 aromatic rings. The molecule has 102 valence electrons. The van der Waals surface area contributed by atoms with E-state index in [0.717, 1.165) is 27.9 Å². The Kier molecular flexibility index (Phi) is 4.27. The molecule has 0 atom stereocenters. The van der Waals surface area contributed by atoms with Crippen LogP contribution >= 0.6 is 0 Å². The first-order valence-corrected chi connectivity index (χ1v) is 6.59. The van der Waals surface area contributed by atoms with Gasteiger partial charge in [-0.2, -0.15) is 5.26 Å². The maximum Gasteiger partial charge on any atom is 0.121 e. The lowest BCUT2D eigenvalue weighted by molar-refractivity contribution is 0.466. The number of phenols is 1. The summed E-state index contributed by atoms with van der Waals surface area (Å²) in [5.41, 5.74) is 4.97. The fourth-order valence-corrected chi connectivity index (χ4v) is 2.18. The molecule has 0 radical (unpaired) electrons. The van der Waals surface area contributed by atoms with Crippen LogP contribution in [0, 0.1) is 25.2 Å². The van der Waals surface area contributed by atoms with Gasteiger partial charge < -0.3 is 10.4 Å². The van der Waals surface area contributed by atoms with Crippen molar-refractivity contribution in [2.75, 3.05) is 5.32 Å². The number of hydrogen-bond donors (Lipinski definition) is 2. The van der Waals surface area contributed by atoms with Crippen molar-refractivity contribution in [2.45, 2.75) is 26.8 Å². The van der Waals surface area contributed by atoms with Gasteiger partial charge in [0.15, 0.2) is 0 Å². The minimum absolute atomic E-state index is 0.370. The van der Waals surface area contributed by atoms with Gasteiger partial charge in [-0.25, -0.2) is 0 Å². The summed E-state index contributed by atoms with van der Waals surface area (Å²) in [5.74, 6) is 0.370. The fraction of sp³-hybridized carbons (Fsp3) is 0.235. The van der Waals surface area contributed by atoms with E-state index in [0.29, 0.717) is 18.7 Å². The van der Waals surface area contributed by atoms with E-state index in [1.54, 1.807) is 0 Å². The molecule has 3 heteroatoms. The van der Waals surface area contributed by atoms with Crippen LogP contribution in [0.1, 0.15) is 22.3 Å². The van der Waals surface area contributed by atoms with Gasteiger partial charge in [-0.05, 0) is 48.2 Å². The van der Waals surface area contributed by atoms with Crippen LogP contribution in [0.3, 0.4) is 0 Å². The van der Waals surface area contributed by atoms with Gasteiger partial charge in [-0.15, -0.1) is 0 Å². The first-order chi connectivity index (χ1) is 9.60. The second kappa shape index (κ2) is 6.12. The van der Waals surface area contributed by atoms with E-state index in [-0.39, 0.29) is 0 Å². The van der Waals surface area contributed by atoms with Crippen LogP contribution in [0.5, 0.6) is 5.75 Å². The summed E-state index contributed by atoms with van der Waals surface area (Å²) < 4.78 is 0. The van der Waals surface area contributed by atoms with Gasteiger partial charge in [0.2, 0.25) is 0 Å². The summed E-state index contributed by atoms with van der Waals surface area (Å²) in [4.78, 5) is 0. The van der Waals surface area contributed by atoms with Crippen molar-refractivity contribution in [1.29, 1.82) is 5.26 Å². The van der Waals surface area contributed by atoms with E-state index in [9.17, 15) is 5.11 Å². The predicted octanol–water partition coefficient (Wildman–Crippen LogP) is 3.69. The molecule has 2 aromatic carbocycles. The molecule has 0 saturated carbocycles. The first kappa shape index (κ1) is 14.0. The van der Waals surface area contributed by atoms with Crippen molar-refractivity contribution in [1.82, 2.24) is 0 Å². The van der Waals surface area contributed by atoms with E-state index < -0.39 is 0 Å². The summed E-state index contributed by atoms with van der Waals surface area (Å²) in [5, 5.41) is 21.7. The number of nitriles is 1. The van der Waals surface area contributed by atoms with Gasteiger partial charge >= 0.3 is 0 Å². The van der Waals surface area contributed by atoms with Gasteiger partial charge in [-0.1, -0.05) is 24.3 Å². The maximum absolute atomic E-state index is 9.75. The van der Waals surface area contributed by atoms with E-state index in [1.165, 1.54) is 0 Å². The van der Waals surface area contributed by atoms with Crippen molar-refractivity contribution in [2.24, 2.45) is 0 Å². The van der Waals surface area contributed by atoms with Gasteiger partial charge in [0.05, 0.1) is 12.5 Å². The quantitative estimate of drug-likeness (QED) is 0.887. The molecule has 0 fully saturated rings. The molecule has 0 unspecified atom stereocenters. The van der Waals surface area contributed by atoms with E-state index in [1.807, 2.05) is 50.2 Å². The monoisotopic (exact) mass is 266 g/mol. The molecule has 0 bridgehead atoms. The average Bonchev–Trinajstić information content (AvgIpc) is 2.44. The molecule has 20 heavy (non-hydrogen) atoms. The number of nitrogens with one attached hydrogen (secondary N) is 1. The number of benzene rings is 2. The number of rotatable bonds is 4. The molecular formula is C17H18N2O. The zero-order valence-corrected chi connectivity index (χ0v) is 11.8. The molecule has 0 aromatic heterocycles. The molecule has 0 amide bonds. The fourth-order valence-electron chi connectivity index (χ4n) is 2.18. The predicted molar refractivity (Wildman–Crippen MR) is 80.7 cm³/mol. The largest absolute Gasteiger partial charge is 0.507 e. The molecule has 0 saturated heterocycles. The SMILES string of the molecule is Cc1cc(CNc2ccc(CC#N)cc2)cc(C)c1O. The minimum atomic E-state index is 0.370. The van der Waals surface area contributed by atoms with Crippen LogP contribution in [0.25, 0.3) is 0 Å². The Hall–Kier alpha value is -2.47. The molecule has 0 aliphatic rings. The van der Waals surface area contributed by atoms with Gasteiger partial charge in [0.25, 0.3) is 0 Å². The lowest BCUT2D eigenvalue weighted by Gasteiger charge is -2.10. The number of nitrogens with zero attached hydrogens (tertiary/aromatic N) is 1. The molecule has 2 rings (SSSR count). The molecule has 3 nitrogen and oxygen atoms in total. The van der Waals surface area contributed by atoms with E-state index in [4.69, 9.17) is 5.26 Å². The lowest BCUT2D eigenvalue weighted by atomic mass is 10.1. The van der Waals surface area contributed by atoms with Crippen molar-refractivity contribution in [3.63, 3.8) is 0 Å². The number of hydrogen-bond acceptors (Lipinski definition) is 3. The Balaban J connectivity index is 2.03. The van der Waals surface area contributed by atoms with Crippen LogP contribution in [-0.2, 0) is 13.0 Å². The molecular weight excluding hydrogens is 248 g/mol. The summed E-state index contributed by atoms with van der Waals surface area (Å²) in [6, 6.07) is 14.0. The molecule has 2 N–H and O–H groups in total. The van der Waals surface area contributed by atoms with Gasteiger partial charge in [0.1, 0.15) is 5.75 Å². The highest BCUT2D eigenvalue weighted by Crippen LogP contribution is 2.23. The molecule has 0 spiro atoms. The third-order valence-corrected chi connectivity index (χ3v) is 3.28. The molecule has 0 aliphatic heterocycles. The number of phenolic OH excluding ortho intramolecular Hbond substituents is 1. The minimum Gasteiger partial charge on any atom is -0.507 e. The number of aromatic hydroxyl groups is 1. The van der Waals surface area contributed by atoms with Crippen LogP contribution in [0.15, 0.2) is 36.4 Å². The van der Waals surface area contributed by atoms with Gasteiger partial charge in [-0.3, -0.25) is 0 Å². The summed E-state index contributed by atoms with van der Waals surface area (Å²) in [6.45, 7) is 4.52. The van der Waals surface area contributed by atoms with Crippen LogP contribution in [0.2, 0.25) is 0 Å². The third kappa shape index (κ3) is 3.30. The Morgan fingerprint density at radius 3 is 2.20 bits per heavy atom. The highest BCUT2D eigenvalue weighted by atomic mass is 16.3. The number of aryl methyl sites for hydroxylation is 2. The van der Waals surface area contributed by atoms with Crippen molar-refractivity contribution < 1.29 is 5.11 Å². The van der Waals surface area contributed by atoms with Crippen molar-refractivity contribution in [3.05, 3.63) is 58.7 Å². The second-order valence-electron chi connectivity index (χ2n) is 4.96. The van der Waals surface area contributed by atoms with Crippen LogP contribution in [0.4, 0.5) is 5.69 Å². The van der Waals surface area contributed by atoms with E-state index in [2.05, 4.69) is 11.4 Å². The zero-order valence-electron chi connectivity index (χ0n) is 11.8. The summed E-state index contributed by atoms with van der Waals surface area (Å²) in [7, 11) is 0. The Morgan fingerprint density at radius 1 is 1.05 bits per heavy atom. The van der Waals surface area contributed by atoms with Gasteiger partial charge in [0, 0.05) is 12.2 Å². The summed E-state index contributed by atoms with van der Waals surface area (Å²) >= 11 is 0. The summed E-state index contributed by atoms with van der Waals surface area (Å²) in [6.07, 6.45) is 0.441. The first-order valence-electron chi connectivity index (χ1n) is 6.59. The van der Waals surface area contributed by atoms with E-state index >= 15 is 0 Å². The van der Waals surface area contributed by atoms with Crippen molar-refractivity contribution >= 4 is 5.69 Å². The zero-order chi connectivity index (χ0) is 14.5. The van der Waals surface area contributed by atoms with Crippen molar-refractivity contribution in [3.8, 4) is 11.8 Å². The normalized spacial score (nSPS) is 10.1. The topological polar surface area (TPSA) is 56.0 Å². The van der Waals surface area contributed by atoms with Crippen LogP contribution < -0.4 is 5.32 Å². The molecule has 0 heterocycles. The third-order valence-electron chi connectivity index (χ3n) is 3.28. The molecule has 0 aliphatic carbocycles. The second-order valence-corrected chi connectivity index (χ2v) is 4.96. The average molecular weight is 266 g/mol. The number of anilines is 1. The smallest absolute Gasteiger partial charge is 0.121 e. The Morgan fingerprint density at radius 2 is 1.65 bits per heavy atom.